The van der Waals surface area contributed by atoms with Crippen LogP contribution in [0.1, 0.15) is 27.7 Å². The summed E-state index contributed by atoms with van der Waals surface area (Å²) < 4.78 is 9.93. The maximum atomic E-state index is 11.7. The van der Waals surface area contributed by atoms with Crippen LogP contribution in [0.5, 0.6) is 0 Å². The van der Waals surface area contributed by atoms with Crippen LogP contribution in [0.25, 0.3) is 0 Å². The van der Waals surface area contributed by atoms with Crippen LogP contribution in [0.2, 0.25) is 0 Å². The Hall–Kier alpha value is -1.59. The minimum absolute atomic E-state index is 0.0343. The van der Waals surface area contributed by atoms with E-state index in [9.17, 15) is 14.4 Å². The zero-order valence-electron chi connectivity index (χ0n) is 11.2. The largest absolute Gasteiger partial charge is 0.465 e. The number of esters is 1. The SMILES string of the molecule is CCOC(=O)[C@@H]1CN(C(=O)OC(C)(C)C)CC1=O. The molecular weight excluding hydrogens is 238 g/mol. The predicted molar refractivity (Wildman–Crippen MR) is 62.9 cm³/mol. The lowest BCUT2D eigenvalue weighted by molar-refractivity contribution is -0.149. The van der Waals surface area contributed by atoms with Gasteiger partial charge < -0.3 is 9.47 Å². The molecular formula is C12H19NO5. The van der Waals surface area contributed by atoms with E-state index >= 15 is 0 Å². The van der Waals surface area contributed by atoms with Gasteiger partial charge in [0.05, 0.1) is 13.2 Å². The molecule has 0 aromatic heterocycles. The van der Waals surface area contributed by atoms with Gasteiger partial charge in [-0.05, 0) is 27.7 Å². The van der Waals surface area contributed by atoms with Crippen LogP contribution < -0.4 is 0 Å². The van der Waals surface area contributed by atoms with Gasteiger partial charge in [0.25, 0.3) is 0 Å². The first-order valence-corrected chi connectivity index (χ1v) is 5.92. The van der Waals surface area contributed by atoms with Crippen LogP contribution in [0.15, 0.2) is 0 Å². The summed E-state index contributed by atoms with van der Waals surface area (Å²) in [5.41, 5.74) is -0.623. The Kier molecular flexibility index (Phi) is 4.32. The summed E-state index contributed by atoms with van der Waals surface area (Å²) >= 11 is 0. The van der Waals surface area contributed by atoms with Gasteiger partial charge in [-0.1, -0.05) is 0 Å². The molecule has 6 nitrogen and oxygen atoms in total. The highest BCUT2D eigenvalue weighted by molar-refractivity contribution is 6.03. The second kappa shape index (κ2) is 5.37. The quantitative estimate of drug-likeness (QED) is 0.544. The Bertz CT molecular complexity index is 358. The van der Waals surface area contributed by atoms with Crippen molar-refractivity contribution < 1.29 is 23.9 Å². The van der Waals surface area contributed by atoms with Crippen molar-refractivity contribution in [2.45, 2.75) is 33.3 Å². The fraction of sp³-hybridized carbons (Fsp3) is 0.750. The molecule has 0 unspecified atom stereocenters. The first-order chi connectivity index (χ1) is 8.24. The van der Waals surface area contributed by atoms with Crippen molar-refractivity contribution in [2.24, 2.45) is 5.92 Å². The first kappa shape index (κ1) is 14.5. The number of Topliss-reactive ketones (excluding diaryl/α,β-unsaturated/α-hetero) is 1. The molecule has 1 aliphatic heterocycles. The van der Waals surface area contributed by atoms with Gasteiger partial charge in [0, 0.05) is 6.54 Å². The van der Waals surface area contributed by atoms with E-state index in [0.29, 0.717) is 0 Å². The van der Waals surface area contributed by atoms with Gasteiger partial charge in [-0.2, -0.15) is 0 Å². The summed E-state index contributed by atoms with van der Waals surface area (Å²) in [6, 6.07) is 0. The number of ketones is 1. The average molecular weight is 257 g/mol. The molecule has 1 saturated heterocycles. The van der Waals surface area contributed by atoms with E-state index < -0.39 is 23.6 Å². The van der Waals surface area contributed by atoms with Crippen LogP contribution in [0.3, 0.4) is 0 Å². The first-order valence-electron chi connectivity index (χ1n) is 5.92. The molecule has 1 atom stereocenters. The van der Waals surface area contributed by atoms with Crippen LogP contribution >= 0.6 is 0 Å². The normalized spacial score (nSPS) is 19.9. The van der Waals surface area contributed by atoms with Crippen molar-refractivity contribution in [2.75, 3.05) is 19.7 Å². The fourth-order valence-electron chi connectivity index (χ4n) is 1.60. The lowest BCUT2D eigenvalue weighted by atomic mass is 10.1. The minimum atomic E-state index is -0.877. The molecule has 0 bridgehead atoms. The van der Waals surface area contributed by atoms with Crippen LogP contribution in [0, 0.1) is 5.92 Å². The lowest BCUT2D eigenvalue weighted by Crippen LogP contribution is -2.36. The van der Waals surface area contributed by atoms with Gasteiger partial charge in [0.1, 0.15) is 11.5 Å². The number of hydrogen-bond acceptors (Lipinski definition) is 5. The number of amides is 1. The molecule has 0 N–H and O–H groups in total. The number of hydrogen-bond donors (Lipinski definition) is 0. The summed E-state index contributed by atoms with van der Waals surface area (Å²) in [5, 5.41) is 0. The average Bonchev–Trinajstić information content (AvgIpc) is 2.58. The highest BCUT2D eigenvalue weighted by Gasteiger charge is 2.40. The van der Waals surface area contributed by atoms with Gasteiger partial charge in [0.2, 0.25) is 0 Å². The monoisotopic (exact) mass is 257 g/mol. The van der Waals surface area contributed by atoms with E-state index in [1.165, 1.54) is 4.90 Å². The molecule has 0 saturated carbocycles. The molecule has 1 rings (SSSR count). The summed E-state index contributed by atoms with van der Waals surface area (Å²) in [6.45, 7) is 7.05. The third-order valence-electron chi connectivity index (χ3n) is 2.36. The van der Waals surface area contributed by atoms with E-state index in [1.54, 1.807) is 27.7 Å². The van der Waals surface area contributed by atoms with Crippen LogP contribution in [-0.4, -0.2) is 48.0 Å². The highest BCUT2D eigenvalue weighted by Crippen LogP contribution is 2.18. The molecule has 1 amide bonds. The maximum absolute atomic E-state index is 11.7. The second-order valence-electron chi connectivity index (χ2n) is 5.13. The van der Waals surface area contributed by atoms with E-state index in [1.807, 2.05) is 0 Å². The molecule has 102 valence electrons. The van der Waals surface area contributed by atoms with Crippen molar-refractivity contribution in [3.63, 3.8) is 0 Å². The van der Waals surface area contributed by atoms with E-state index in [4.69, 9.17) is 9.47 Å². The molecule has 0 aromatic rings. The number of ether oxygens (including phenoxy) is 2. The number of rotatable bonds is 2. The molecule has 0 aliphatic carbocycles. The van der Waals surface area contributed by atoms with Gasteiger partial charge in [-0.25, -0.2) is 4.79 Å². The minimum Gasteiger partial charge on any atom is -0.465 e. The topological polar surface area (TPSA) is 72.9 Å². The molecule has 18 heavy (non-hydrogen) atoms. The van der Waals surface area contributed by atoms with Crippen molar-refractivity contribution in [3.05, 3.63) is 0 Å². The Balaban J connectivity index is 2.61. The second-order valence-corrected chi connectivity index (χ2v) is 5.13. The summed E-state index contributed by atoms with van der Waals surface area (Å²) in [6.07, 6.45) is -0.581. The molecule has 1 aliphatic rings. The molecule has 1 heterocycles. The number of carbonyl (C=O) groups is 3. The third kappa shape index (κ3) is 3.72. The Morgan fingerprint density at radius 3 is 2.50 bits per heavy atom. The summed E-state index contributed by atoms with van der Waals surface area (Å²) in [4.78, 5) is 36.1. The Morgan fingerprint density at radius 2 is 2.00 bits per heavy atom. The Labute approximate surface area is 106 Å². The number of nitrogens with zero attached hydrogens (tertiary/aromatic N) is 1. The van der Waals surface area contributed by atoms with Crippen molar-refractivity contribution in [1.29, 1.82) is 0 Å². The fourth-order valence-corrected chi connectivity index (χ4v) is 1.60. The van der Waals surface area contributed by atoms with Crippen LogP contribution in [-0.2, 0) is 19.1 Å². The van der Waals surface area contributed by atoms with E-state index in [-0.39, 0.29) is 25.5 Å². The summed E-state index contributed by atoms with van der Waals surface area (Å²) in [7, 11) is 0. The third-order valence-corrected chi connectivity index (χ3v) is 2.36. The lowest BCUT2D eigenvalue weighted by Gasteiger charge is -2.23. The molecule has 0 aromatic carbocycles. The molecule has 0 spiro atoms. The van der Waals surface area contributed by atoms with Crippen molar-refractivity contribution >= 4 is 17.8 Å². The van der Waals surface area contributed by atoms with Gasteiger partial charge >= 0.3 is 12.1 Å². The molecule has 1 fully saturated rings. The van der Waals surface area contributed by atoms with Crippen LogP contribution in [0.4, 0.5) is 4.79 Å². The molecule has 6 heteroatoms. The highest BCUT2D eigenvalue weighted by atomic mass is 16.6. The zero-order valence-corrected chi connectivity index (χ0v) is 11.2. The Morgan fingerprint density at radius 1 is 1.39 bits per heavy atom. The van der Waals surface area contributed by atoms with Gasteiger partial charge in [-0.3, -0.25) is 14.5 Å². The smallest absolute Gasteiger partial charge is 0.410 e. The number of likely N-dealkylation sites (tertiary alicyclic amines) is 1. The van der Waals surface area contributed by atoms with E-state index in [2.05, 4.69) is 0 Å². The standard InChI is InChI=1S/C12H19NO5/c1-5-17-10(15)8-6-13(7-9(8)14)11(16)18-12(2,3)4/h8H,5-7H2,1-4H3/t8-/m1/s1. The van der Waals surface area contributed by atoms with E-state index in [0.717, 1.165) is 0 Å². The van der Waals surface area contributed by atoms with Gasteiger partial charge in [-0.15, -0.1) is 0 Å². The molecule has 0 radical (unpaired) electrons. The van der Waals surface area contributed by atoms with Crippen molar-refractivity contribution in [3.8, 4) is 0 Å². The summed E-state index contributed by atoms with van der Waals surface area (Å²) in [5.74, 6) is -1.76. The van der Waals surface area contributed by atoms with Crippen molar-refractivity contribution in [1.82, 2.24) is 4.90 Å². The number of carbonyl (C=O) groups excluding carboxylic acids is 3. The maximum Gasteiger partial charge on any atom is 0.410 e. The van der Waals surface area contributed by atoms with Gasteiger partial charge in [0.15, 0.2) is 5.78 Å². The predicted octanol–water partition coefficient (Wildman–Crippen LogP) is 0.985. The zero-order chi connectivity index (χ0) is 13.9.